The molecule has 1 N–H and O–H groups in total. The first-order valence-electron chi connectivity index (χ1n) is 8.54. The van der Waals surface area contributed by atoms with Gasteiger partial charge in [0.05, 0.1) is 11.5 Å². The van der Waals surface area contributed by atoms with Crippen LogP contribution >= 0.6 is 12.2 Å². The Morgan fingerprint density at radius 3 is 2.85 bits per heavy atom. The van der Waals surface area contributed by atoms with Crippen molar-refractivity contribution >= 4 is 23.0 Å². The number of benzene rings is 1. The summed E-state index contributed by atoms with van der Waals surface area (Å²) in [6.45, 7) is 7.38. The van der Waals surface area contributed by atoms with Crippen molar-refractivity contribution < 1.29 is 9.34 Å². The van der Waals surface area contributed by atoms with Gasteiger partial charge >= 0.3 is 0 Å². The average Bonchev–Trinajstić information content (AvgIpc) is 3.08. The minimum absolute atomic E-state index is 0.0210. The fourth-order valence-electron chi connectivity index (χ4n) is 2.29. The Morgan fingerprint density at radius 1 is 1.42 bits per heavy atom. The lowest BCUT2D eigenvalue weighted by Crippen LogP contribution is -2.43. The van der Waals surface area contributed by atoms with Gasteiger partial charge in [0.2, 0.25) is 11.8 Å². The Bertz CT molecular complexity index is 762. The summed E-state index contributed by atoms with van der Waals surface area (Å²) in [5.74, 6) is 0.650. The molecule has 1 aromatic carbocycles. The first-order valence-corrected chi connectivity index (χ1v) is 8.94. The third-order valence-electron chi connectivity index (χ3n) is 3.77. The second-order valence-corrected chi connectivity index (χ2v) is 6.50. The molecule has 0 aliphatic carbocycles. The number of nitro benzene ring substituents is 1. The molecule has 1 heterocycles. The number of non-ortho nitro benzene ring substituents is 1. The van der Waals surface area contributed by atoms with Crippen molar-refractivity contribution in [2.75, 3.05) is 6.54 Å². The van der Waals surface area contributed by atoms with E-state index in [0.717, 1.165) is 19.4 Å². The van der Waals surface area contributed by atoms with Crippen LogP contribution in [0, 0.1) is 10.1 Å². The monoisotopic (exact) mass is 377 g/mol. The molecule has 0 spiro atoms. The largest absolute Gasteiger partial charge is 0.419 e. The SMILES string of the molecule is CCCCNC(=S)N(Cc1nnc(-c2cccc([N+](=O)[O-])c2)o1)C(C)C. The Balaban J connectivity index is 2.11. The summed E-state index contributed by atoms with van der Waals surface area (Å²) in [7, 11) is 0. The van der Waals surface area contributed by atoms with Crippen LogP contribution in [-0.4, -0.2) is 37.7 Å². The van der Waals surface area contributed by atoms with E-state index in [1.807, 2.05) is 18.7 Å². The zero-order chi connectivity index (χ0) is 19.1. The molecule has 0 saturated heterocycles. The van der Waals surface area contributed by atoms with Gasteiger partial charge in [0.25, 0.3) is 5.69 Å². The third kappa shape index (κ3) is 5.22. The summed E-state index contributed by atoms with van der Waals surface area (Å²) in [4.78, 5) is 12.4. The fourth-order valence-corrected chi connectivity index (χ4v) is 2.67. The van der Waals surface area contributed by atoms with E-state index in [-0.39, 0.29) is 17.6 Å². The zero-order valence-electron chi connectivity index (χ0n) is 15.1. The summed E-state index contributed by atoms with van der Waals surface area (Å²) in [5, 5.41) is 22.8. The Morgan fingerprint density at radius 2 is 2.19 bits per heavy atom. The van der Waals surface area contributed by atoms with E-state index in [1.54, 1.807) is 12.1 Å². The van der Waals surface area contributed by atoms with Crippen LogP contribution in [0.2, 0.25) is 0 Å². The molecule has 8 nitrogen and oxygen atoms in total. The number of aromatic nitrogens is 2. The predicted molar refractivity (Wildman–Crippen MR) is 103 cm³/mol. The van der Waals surface area contributed by atoms with E-state index in [4.69, 9.17) is 16.6 Å². The highest BCUT2D eigenvalue weighted by atomic mass is 32.1. The molecule has 0 aliphatic heterocycles. The molecule has 140 valence electrons. The van der Waals surface area contributed by atoms with Crippen LogP contribution < -0.4 is 5.32 Å². The molecule has 0 amide bonds. The van der Waals surface area contributed by atoms with E-state index in [9.17, 15) is 10.1 Å². The molecule has 0 aliphatic rings. The smallest absolute Gasteiger partial charge is 0.270 e. The molecule has 26 heavy (non-hydrogen) atoms. The summed E-state index contributed by atoms with van der Waals surface area (Å²) in [5.41, 5.74) is 0.491. The fraction of sp³-hybridized carbons (Fsp3) is 0.471. The van der Waals surface area contributed by atoms with Crippen LogP contribution in [0.15, 0.2) is 28.7 Å². The highest BCUT2D eigenvalue weighted by Gasteiger charge is 2.18. The highest BCUT2D eigenvalue weighted by molar-refractivity contribution is 7.80. The number of nitrogens with zero attached hydrogens (tertiary/aromatic N) is 4. The van der Waals surface area contributed by atoms with E-state index >= 15 is 0 Å². The molecule has 0 fully saturated rings. The van der Waals surface area contributed by atoms with Gasteiger partial charge in [-0.2, -0.15) is 0 Å². The van der Waals surface area contributed by atoms with Crippen LogP contribution in [0.1, 0.15) is 39.5 Å². The Labute approximate surface area is 157 Å². The van der Waals surface area contributed by atoms with Crippen molar-refractivity contribution in [1.29, 1.82) is 0 Å². The van der Waals surface area contributed by atoms with Crippen LogP contribution in [0.4, 0.5) is 5.69 Å². The molecule has 9 heteroatoms. The normalized spacial score (nSPS) is 10.8. The van der Waals surface area contributed by atoms with Crippen molar-refractivity contribution in [3.05, 3.63) is 40.3 Å². The molecular formula is C17H23N5O3S. The van der Waals surface area contributed by atoms with Gasteiger partial charge in [-0.1, -0.05) is 19.4 Å². The summed E-state index contributed by atoms with van der Waals surface area (Å²) < 4.78 is 5.69. The molecule has 0 radical (unpaired) electrons. The van der Waals surface area contributed by atoms with Gasteiger partial charge in [-0.3, -0.25) is 10.1 Å². The standard InChI is InChI=1S/C17H23N5O3S/c1-4-5-9-18-17(26)21(12(2)3)11-15-19-20-16(25-15)13-7-6-8-14(10-13)22(23)24/h6-8,10,12H,4-5,9,11H2,1-3H3,(H,18,26). The van der Waals surface area contributed by atoms with Gasteiger partial charge in [-0.25, -0.2) is 0 Å². The van der Waals surface area contributed by atoms with Gasteiger partial charge < -0.3 is 14.6 Å². The maximum Gasteiger partial charge on any atom is 0.270 e. The zero-order valence-corrected chi connectivity index (χ0v) is 16.0. The molecular weight excluding hydrogens is 354 g/mol. The predicted octanol–water partition coefficient (Wildman–Crippen LogP) is 3.53. The minimum atomic E-state index is -0.457. The van der Waals surface area contributed by atoms with Crippen molar-refractivity contribution in [2.24, 2.45) is 0 Å². The highest BCUT2D eigenvalue weighted by Crippen LogP contribution is 2.23. The van der Waals surface area contributed by atoms with E-state index in [1.165, 1.54) is 12.1 Å². The second kappa shape index (κ2) is 9.23. The molecule has 2 rings (SSSR count). The quantitative estimate of drug-likeness (QED) is 0.323. The van der Waals surface area contributed by atoms with Gasteiger partial charge in [0, 0.05) is 30.3 Å². The summed E-state index contributed by atoms with van der Waals surface area (Å²) >= 11 is 5.46. The lowest BCUT2D eigenvalue weighted by Gasteiger charge is -2.28. The van der Waals surface area contributed by atoms with Gasteiger partial charge in [0.15, 0.2) is 5.11 Å². The number of hydrogen-bond acceptors (Lipinski definition) is 6. The molecule has 0 atom stereocenters. The topological polar surface area (TPSA) is 97.3 Å². The van der Waals surface area contributed by atoms with Crippen molar-refractivity contribution in [3.63, 3.8) is 0 Å². The van der Waals surface area contributed by atoms with Crippen LogP contribution in [0.5, 0.6) is 0 Å². The minimum Gasteiger partial charge on any atom is -0.419 e. The number of hydrogen-bond donors (Lipinski definition) is 1. The second-order valence-electron chi connectivity index (χ2n) is 6.12. The van der Waals surface area contributed by atoms with Crippen molar-refractivity contribution in [2.45, 2.75) is 46.2 Å². The molecule has 0 unspecified atom stereocenters. The average molecular weight is 377 g/mol. The first-order chi connectivity index (χ1) is 12.4. The van der Waals surface area contributed by atoms with Gasteiger partial charge in [-0.05, 0) is 38.6 Å². The van der Waals surface area contributed by atoms with Crippen LogP contribution in [0.25, 0.3) is 11.5 Å². The first kappa shape index (κ1) is 19.8. The summed E-state index contributed by atoms with van der Waals surface area (Å²) in [6, 6.07) is 6.27. The number of thiocarbonyl (C=S) groups is 1. The third-order valence-corrected chi connectivity index (χ3v) is 4.15. The van der Waals surface area contributed by atoms with Crippen molar-refractivity contribution in [3.8, 4) is 11.5 Å². The van der Waals surface area contributed by atoms with E-state index < -0.39 is 4.92 Å². The van der Waals surface area contributed by atoms with Gasteiger partial charge in [-0.15, -0.1) is 10.2 Å². The number of nitro groups is 1. The lowest BCUT2D eigenvalue weighted by molar-refractivity contribution is -0.384. The lowest BCUT2D eigenvalue weighted by atomic mass is 10.2. The van der Waals surface area contributed by atoms with Gasteiger partial charge in [0.1, 0.15) is 0 Å². The molecule has 2 aromatic rings. The Kier molecular flexibility index (Phi) is 7.02. The number of rotatable bonds is 8. The molecule has 0 bridgehead atoms. The summed E-state index contributed by atoms with van der Waals surface area (Å²) in [6.07, 6.45) is 2.14. The van der Waals surface area contributed by atoms with Crippen LogP contribution in [-0.2, 0) is 6.54 Å². The molecule has 1 aromatic heterocycles. The van der Waals surface area contributed by atoms with Crippen molar-refractivity contribution in [1.82, 2.24) is 20.4 Å². The Hall–Kier alpha value is -2.55. The maximum atomic E-state index is 10.9. The van der Waals surface area contributed by atoms with E-state index in [2.05, 4.69) is 22.4 Å². The maximum absolute atomic E-state index is 10.9. The number of unbranched alkanes of at least 4 members (excludes halogenated alkanes) is 1. The van der Waals surface area contributed by atoms with Crippen LogP contribution in [0.3, 0.4) is 0 Å². The number of nitrogens with one attached hydrogen (secondary N) is 1. The van der Waals surface area contributed by atoms with E-state index in [0.29, 0.717) is 23.1 Å². The molecule has 0 saturated carbocycles.